The molecule has 1 saturated heterocycles. The van der Waals surface area contributed by atoms with E-state index in [1.54, 1.807) is 17.1 Å². The monoisotopic (exact) mass is 511 g/mol. The van der Waals surface area contributed by atoms with Gasteiger partial charge in [0.05, 0.1) is 36.2 Å². The maximum atomic E-state index is 6.34. The van der Waals surface area contributed by atoms with Crippen molar-refractivity contribution in [2.45, 2.75) is 13.2 Å². The number of hydrogen-bond donors (Lipinski definition) is 2. The van der Waals surface area contributed by atoms with Crippen molar-refractivity contribution in [2.24, 2.45) is 7.05 Å². The van der Waals surface area contributed by atoms with Gasteiger partial charge in [-0.05, 0) is 23.8 Å². The summed E-state index contributed by atoms with van der Waals surface area (Å²) in [6, 6.07) is 9.83. The number of morpholine rings is 1. The van der Waals surface area contributed by atoms with Gasteiger partial charge in [0.1, 0.15) is 24.5 Å². The van der Waals surface area contributed by atoms with E-state index in [4.69, 9.17) is 20.9 Å². The lowest BCUT2D eigenvalue weighted by molar-refractivity contribution is 0.0342. The van der Waals surface area contributed by atoms with Crippen molar-refractivity contribution in [2.75, 3.05) is 37.8 Å². The fourth-order valence-electron chi connectivity index (χ4n) is 4.69. The van der Waals surface area contributed by atoms with Gasteiger partial charge in [-0.2, -0.15) is 5.10 Å². The summed E-state index contributed by atoms with van der Waals surface area (Å²) in [5.74, 6) is 1.11. The average molecular weight is 512 g/mol. The molecule has 194 valence electrons. The Balaban J connectivity index is 1.23. The van der Waals surface area contributed by atoms with Gasteiger partial charge >= 0.3 is 0 Å². The molecule has 0 atom stereocenters. The molecular weight excluding hydrogens is 482 g/mol. The summed E-state index contributed by atoms with van der Waals surface area (Å²) in [6.45, 7) is 4.50. The van der Waals surface area contributed by atoms with E-state index in [0.717, 1.165) is 72.0 Å². The summed E-state index contributed by atoms with van der Waals surface area (Å²) < 4.78 is 15.2. The number of pyridine rings is 1. The molecule has 6 rings (SSSR count). The van der Waals surface area contributed by atoms with Crippen molar-refractivity contribution >= 4 is 22.5 Å². The minimum atomic E-state index is 0.340. The Kier molecular flexibility index (Phi) is 6.36. The minimum absolute atomic E-state index is 0.340. The molecule has 0 aliphatic carbocycles. The largest absolute Gasteiger partial charge is 0.489 e. The third kappa shape index (κ3) is 4.76. The third-order valence-corrected chi connectivity index (χ3v) is 6.68. The molecule has 1 aliphatic rings. The number of hydrogen-bond acceptors (Lipinski definition) is 9. The van der Waals surface area contributed by atoms with Gasteiger partial charge in [-0.15, -0.1) is 0 Å². The Bertz CT molecular complexity index is 1590. The van der Waals surface area contributed by atoms with E-state index in [9.17, 15) is 0 Å². The molecule has 38 heavy (non-hydrogen) atoms. The fourth-order valence-corrected chi connectivity index (χ4v) is 4.69. The van der Waals surface area contributed by atoms with Crippen LogP contribution in [0.4, 0.5) is 11.5 Å². The molecule has 4 aromatic heterocycles. The van der Waals surface area contributed by atoms with Crippen molar-refractivity contribution < 1.29 is 9.47 Å². The molecule has 0 amide bonds. The van der Waals surface area contributed by atoms with E-state index in [-0.39, 0.29) is 0 Å². The number of aryl methyl sites for hydroxylation is 1. The van der Waals surface area contributed by atoms with Crippen LogP contribution >= 0.6 is 0 Å². The average Bonchev–Trinajstić information content (AvgIpc) is 3.54. The van der Waals surface area contributed by atoms with Crippen molar-refractivity contribution in [3.8, 4) is 22.7 Å². The highest BCUT2D eigenvalue weighted by Gasteiger charge is 2.18. The van der Waals surface area contributed by atoms with Crippen LogP contribution < -0.4 is 16.2 Å². The summed E-state index contributed by atoms with van der Waals surface area (Å²) in [7, 11) is 1.88. The summed E-state index contributed by atoms with van der Waals surface area (Å²) in [5, 5.41) is 5.29. The Morgan fingerprint density at radius 2 is 1.92 bits per heavy atom. The van der Waals surface area contributed by atoms with E-state index >= 15 is 0 Å². The molecule has 5 heterocycles. The highest BCUT2D eigenvalue weighted by molar-refractivity contribution is 6.00. The van der Waals surface area contributed by atoms with Crippen molar-refractivity contribution in [3.05, 3.63) is 72.6 Å². The smallest absolute Gasteiger partial charge is 0.150 e. The van der Waals surface area contributed by atoms with Crippen LogP contribution in [0.2, 0.25) is 0 Å². The van der Waals surface area contributed by atoms with E-state index in [0.29, 0.717) is 23.8 Å². The number of nitrogens with two attached hydrogens (primary N) is 2. The van der Waals surface area contributed by atoms with Crippen LogP contribution in [0.15, 0.2) is 61.4 Å². The van der Waals surface area contributed by atoms with E-state index < -0.39 is 0 Å². The first kappa shape index (κ1) is 23.9. The van der Waals surface area contributed by atoms with Crippen LogP contribution in [-0.4, -0.2) is 60.5 Å². The second kappa shape index (κ2) is 10.1. The molecule has 5 aromatic rings. The Hall–Kier alpha value is -4.48. The summed E-state index contributed by atoms with van der Waals surface area (Å²) in [6.07, 6.45) is 8.88. The van der Waals surface area contributed by atoms with Gasteiger partial charge in [0, 0.05) is 68.2 Å². The number of benzene rings is 1. The van der Waals surface area contributed by atoms with E-state index in [2.05, 4.69) is 25.0 Å². The number of aromatic nitrogens is 6. The normalized spacial score (nSPS) is 14.2. The zero-order chi connectivity index (χ0) is 26.1. The molecule has 0 saturated carbocycles. The van der Waals surface area contributed by atoms with Gasteiger partial charge in [0.25, 0.3) is 0 Å². The summed E-state index contributed by atoms with van der Waals surface area (Å²) >= 11 is 0. The topological polar surface area (TPSA) is 135 Å². The summed E-state index contributed by atoms with van der Waals surface area (Å²) in [4.78, 5) is 15.5. The second-order valence-electron chi connectivity index (χ2n) is 9.33. The van der Waals surface area contributed by atoms with Crippen molar-refractivity contribution in [1.82, 2.24) is 34.2 Å². The predicted molar refractivity (Wildman–Crippen MR) is 145 cm³/mol. The van der Waals surface area contributed by atoms with Crippen LogP contribution in [0.5, 0.6) is 5.75 Å². The van der Waals surface area contributed by atoms with Crippen LogP contribution in [0.3, 0.4) is 0 Å². The molecule has 1 fully saturated rings. The molecular formula is C27H29N9O2. The number of anilines is 2. The van der Waals surface area contributed by atoms with Gasteiger partial charge in [-0.25, -0.2) is 9.97 Å². The Morgan fingerprint density at radius 1 is 1.05 bits per heavy atom. The predicted octanol–water partition coefficient (Wildman–Crippen LogP) is 2.79. The molecule has 11 heteroatoms. The SMILES string of the molecule is Cn1ccc(-c2cn(-c3cncc(COc4ccc(CN5CCOCC5)c(N)c4)c3)c3ncnc(N)c23)n1. The first-order valence-electron chi connectivity index (χ1n) is 12.4. The zero-order valence-corrected chi connectivity index (χ0v) is 21.1. The molecule has 11 nitrogen and oxygen atoms in total. The van der Waals surface area contributed by atoms with Gasteiger partial charge in [-0.1, -0.05) is 6.07 Å². The Morgan fingerprint density at radius 3 is 2.71 bits per heavy atom. The number of nitrogens with zero attached hydrogens (tertiary/aromatic N) is 7. The number of fused-ring (bicyclic) bond motifs is 1. The highest BCUT2D eigenvalue weighted by Crippen LogP contribution is 2.33. The van der Waals surface area contributed by atoms with Gasteiger partial charge in [-0.3, -0.25) is 19.1 Å². The quantitative estimate of drug-likeness (QED) is 0.316. The van der Waals surface area contributed by atoms with Crippen LogP contribution in [-0.2, 0) is 24.9 Å². The second-order valence-corrected chi connectivity index (χ2v) is 9.33. The standard InChI is InChI=1S/C27H29N9O2/c1-34-5-4-24(33-34)22-15-36(27-25(22)26(29)31-17-32-27)20-10-18(12-30-13-20)16-38-21-3-2-19(23(28)11-21)14-35-6-8-37-9-7-35/h2-5,10-13,15,17H,6-9,14,16,28H2,1H3,(H2,29,31,32). The lowest BCUT2D eigenvalue weighted by atomic mass is 10.1. The fraction of sp³-hybridized carbons (Fsp3) is 0.259. The summed E-state index contributed by atoms with van der Waals surface area (Å²) in [5.41, 5.74) is 18.5. The van der Waals surface area contributed by atoms with Crippen molar-refractivity contribution in [3.63, 3.8) is 0 Å². The molecule has 1 aliphatic heterocycles. The van der Waals surface area contributed by atoms with E-state index in [1.807, 2.05) is 54.3 Å². The lowest BCUT2D eigenvalue weighted by Gasteiger charge is -2.27. The van der Waals surface area contributed by atoms with Crippen LogP contribution in [0, 0.1) is 0 Å². The number of ether oxygens (including phenoxy) is 2. The first-order chi connectivity index (χ1) is 18.5. The maximum Gasteiger partial charge on any atom is 0.150 e. The molecule has 0 unspecified atom stereocenters. The molecule has 1 aromatic carbocycles. The highest BCUT2D eigenvalue weighted by atomic mass is 16.5. The maximum absolute atomic E-state index is 6.34. The van der Waals surface area contributed by atoms with Crippen LogP contribution in [0.25, 0.3) is 28.0 Å². The van der Waals surface area contributed by atoms with Crippen molar-refractivity contribution in [1.29, 1.82) is 0 Å². The van der Waals surface area contributed by atoms with Gasteiger partial charge in [0.2, 0.25) is 0 Å². The van der Waals surface area contributed by atoms with Crippen LogP contribution in [0.1, 0.15) is 11.1 Å². The zero-order valence-electron chi connectivity index (χ0n) is 21.1. The number of rotatable bonds is 7. The number of nitrogen functional groups attached to an aromatic ring is 2. The first-order valence-corrected chi connectivity index (χ1v) is 12.4. The molecule has 0 bridgehead atoms. The van der Waals surface area contributed by atoms with Gasteiger partial charge in [0.15, 0.2) is 5.65 Å². The Labute approximate surface area is 219 Å². The van der Waals surface area contributed by atoms with Gasteiger partial charge < -0.3 is 20.9 Å². The molecule has 0 spiro atoms. The third-order valence-electron chi connectivity index (χ3n) is 6.68. The lowest BCUT2D eigenvalue weighted by Crippen LogP contribution is -2.35. The molecule has 0 radical (unpaired) electrons. The van der Waals surface area contributed by atoms with E-state index in [1.165, 1.54) is 6.33 Å². The minimum Gasteiger partial charge on any atom is -0.489 e. The molecule has 4 N–H and O–H groups in total.